The molecular weight excluding hydrogens is 224 g/mol. The average Bonchev–Trinajstić information content (AvgIpc) is 2.39. The number of rotatable bonds is 4. The fourth-order valence-corrected chi connectivity index (χ4v) is 2.34. The van der Waals surface area contributed by atoms with E-state index < -0.39 is 0 Å². The van der Waals surface area contributed by atoms with Gasteiger partial charge in [-0.2, -0.15) is 0 Å². The summed E-state index contributed by atoms with van der Waals surface area (Å²) >= 11 is 0. The Labute approximate surface area is 111 Å². The minimum atomic E-state index is -0.0659. The normalized spacial score (nSPS) is 12.7. The molecule has 0 aliphatic carbocycles. The van der Waals surface area contributed by atoms with Gasteiger partial charge in [-0.1, -0.05) is 48.5 Å². The maximum atomic E-state index is 10.1. The third-order valence-corrected chi connectivity index (χ3v) is 2.93. The first kappa shape index (κ1) is 15.1. The maximum Gasteiger partial charge on any atom is 0.234 e. The Bertz CT molecular complexity index is 397. The number of hydrogen-bond acceptors (Lipinski definition) is 2. The summed E-state index contributed by atoms with van der Waals surface area (Å²) in [5.74, 6) is 1.30. The van der Waals surface area contributed by atoms with E-state index in [2.05, 4.69) is 53.6 Å². The van der Waals surface area contributed by atoms with Crippen LogP contribution < -0.4 is 0 Å². The molecule has 0 radical (unpaired) electrons. The van der Waals surface area contributed by atoms with Crippen molar-refractivity contribution in [2.24, 2.45) is 11.8 Å². The van der Waals surface area contributed by atoms with E-state index in [4.69, 9.17) is 0 Å². The predicted molar refractivity (Wildman–Crippen MR) is 76.0 cm³/mol. The quantitative estimate of drug-likeness (QED) is 0.886. The molecule has 1 aromatic rings. The van der Waals surface area contributed by atoms with E-state index in [1.54, 1.807) is 0 Å². The van der Waals surface area contributed by atoms with Crippen LogP contribution in [0.25, 0.3) is 0 Å². The summed E-state index contributed by atoms with van der Waals surface area (Å²) in [4.78, 5) is 0. The van der Waals surface area contributed by atoms with Gasteiger partial charge in [-0.3, -0.25) is 4.68 Å². The molecule has 0 aliphatic rings. The minimum absolute atomic E-state index is 0.0659. The van der Waals surface area contributed by atoms with E-state index in [1.807, 2.05) is 4.68 Å². The molecule has 1 aromatic heterocycles. The molecule has 0 amide bonds. The summed E-state index contributed by atoms with van der Waals surface area (Å²) in [5, 5.41) is 14.5. The number of aromatic hydroxyl groups is 1. The van der Waals surface area contributed by atoms with Crippen molar-refractivity contribution in [3.05, 3.63) is 11.3 Å². The zero-order chi connectivity index (χ0) is 14.1. The van der Waals surface area contributed by atoms with Crippen LogP contribution in [-0.4, -0.2) is 14.9 Å². The zero-order valence-corrected chi connectivity index (χ0v) is 12.9. The Kier molecular flexibility index (Phi) is 4.46. The topological polar surface area (TPSA) is 38.1 Å². The highest BCUT2D eigenvalue weighted by molar-refractivity contribution is 5.37. The summed E-state index contributed by atoms with van der Waals surface area (Å²) < 4.78 is 2.00. The molecule has 0 unspecified atom stereocenters. The Morgan fingerprint density at radius 2 is 1.67 bits per heavy atom. The lowest BCUT2D eigenvalue weighted by molar-refractivity contribution is 0.408. The van der Waals surface area contributed by atoms with Crippen LogP contribution in [0, 0.1) is 11.8 Å². The van der Waals surface area contributed by atoms with Crippen molar-refractivity contribution in [2.45, 2.75) is 66.8 Å². The Morgan fingerprint density at radius 3 is 2.06 bits per heavy atom. The first-order valence-corrected chi connectivity index (χ1v) is 6.92. The van der Waals surface area contributed by atoms with Crippen molar-refractivity contribution in [1.29, 1.82) is 0 Å². The van der Waals surface area contributed by atoms with Gasteiger partial charge in [-0.15, -0.1) is 5.10 Å². The van der Waals surface area contributed by atoms with Crippen molar-refractivity contribution in [3.63, 3.8) is 0 Å². The van der Waals surface area contributed by atoms with E-state index in [9.17, 15) is 5.11 Å². The second kappa shape index (κ2) is 5.33. The van der Waals surface area contributed by atoms with Crippen LogP contribution in [0.15, 0.2) is 0 Å². The van der Waals surface area contributed by atoms with Gasteiger partial charge in [-0.25, -0.2) is 0 Å². The molecule has 0 bridgehead atoms. The van der Waals surface area contributed by atoms with Crippen LogP contribution in [0.2, 0.25) is 0 Å². The Balaban J connectivity index is 3.28. The van der Waals surface area contributed by atoms with E-state index in [0.29, 0.717) is 11.8 Å². The molecule has 3 heteroatoms. The van der Waals surface area contributed by atoms with Crippen LogP contribution in [0.3, 0.4) is 0 Å². The van der Waals surface area contributed by atoms with E-state index in [-0.39, 0.29) is 11.3 Å². The van der Waals surface area contributed by atoms with Gasteiger partial charge < -0.3 is 5.11 Å². The van der Waals surface area contributed by atoms with Crippen LogP contribution in [-0.2, 0) is 18.4 Å². The van der Waals surface area contributed by atoms with E-state index >= 15 is 0 Å². The lowest BCUT2D eigenvalue weighted by atomic mass is 9.85. The standard InChI is InChI=1S/C15H28N2O/c1-10(2)8-12-13(15(5,6)7)14(18)16-17(12)9-11(3)4/h10-11H,8-9H2,1-7H3,(H,16,18). The highest BCUT2D eigenvalue weighted by atomic mass is 16.3. The van der Waals surface area contributed by atoms with E-state index in [1.165, 1.54) is 5.69 Å². The van der Waals surface area contributed by atoms with Crippen molar-refractivity contribution in [2.75, 3.05) is 0 Å². The first-order chi connectivity index (χ1) is 8.12. The van der Waals surface area contributed by atoms with Gasteiger partial charge in [0.25, 0.3) is 0 Å². The molecule has 0 aliphatic heterocycles. The van der Waals surface area contributed by atoms with Crippen molar-refractivity contribution in [1.82, 2.24) is 9.78 Å². The summed E-state index contributed by atoms with van der Waals surface area (Å²) in [6, 6.07) is 0. The highest BCUT2D eigenvalue weighted by Gasteiger charge is 2.28. The highest BCUT2D eigenvalue weighted by Crippen LogP contribution is 2.34. The monoisotopic (exact) mass is 252 g/mol. The molecule has 0 saturated carbocycles. The second-order valence-corrected chi connectivity index (χ2v) is 7.07. The molecule has 0 atom stereocenters. The lowest BCUT2D eigenvalue weighted by Gasteiger charge is -2.21. The van der Waals surface area contributed by atoms with Crippen molar-refractivity contribution in [3.8, 4) is 5.88 Å². The van der Waals surface area contributed by atoms with Gasteiger partial charge in [0.2, 0.25) is 5.88 Å². The number of aromatic nitrogens is 2. The molecule has 0 saturated heterocycles. The molecule has 1 N–H and O–H groups in total. The molecule has 0 spiro atoms. The van der Waals surface area contributed by atoms with Gasteiger partial charge >= 0.3 is 0 Å². The Hall–Kier alpha value is -0.990. The third kappa shape index (κ3) is 3.50. The van der Waals surface area contributed by atoms with Gasteiger partial charge in [0, 0.05) is 17.8 Å². The molecule has 0 aromatic carbocycles. The van der Waals surface area contributed by atoms with Gasteiger partial charge in [0.15, 0.2) is 0 Å². The Morgan fingerprint density at radius 1 is 1.11 bits per heavy atom. The summed E-state index contributed by atoms with van der Waals surface area (Å²) in [6.45, 7) is 16.0. The van der Waals surface area contributed by atoms with Crippen LogP contribution in [0.1, 0.15) is 59.7 Å². The zero-order valence-electron chi connectivity index (χ0n) is 12.9. The molecule has 1 heterocycles. The van der Waals surface area contributed by atoms with Gasteiger partial charge in [-0.05, 0) is 23.7 Å². The molecule has 104 valence electrons. The van der Waals surface area contributed by atoms with Crippen molar-refractivity contribution >= 4 is 0 Å². The molecule has 3 nitrogen and oxygen atoms in total. The lowest BCUT2D eigenvalue weighted by Crippen LogP contribution is -2.18. The summed E-state index contributed by atoms with van der Waals surface area (Å²) in [6.07, 6.45) is 0.965. The average molecular weight is 252 g/mol. The summed E-state index contributed by atoms with van der Waals surface area (Å²) in [7, 11) is 0. The van der Waals surface area contributed by atoms with Crippen LogP contribution in [0.4, 0.5) is 0 Å². The fourth-order valence-electron chi connectivity index (χ4n) is 2.34. The second-order valence-electron chi connectivity index (χ2n) is 7.07. The molecular formula is C15H28N2O. The fraction of sp³-hybridized carbons (Fsp3) is 0.800. The predicted octanol–water partition coefficient (Wildman–Crippen LogP) is 3.74. The smallest absolute Gasteiger partial charge is 0.234 e. The van der Waals surface area contributed by atoms with Crippen molar-refractivity contribution < 1.29 is 5.11 Å². The first-order valence-electron chi connectivity index (χ1n) is 6.92. The largest absolute Gasteiger partial charge is 0.492 e. The van der Waals surface area contributed by atoms with E-state index in [0.717, 1.165) is 18.5 Å². The third-order valence-electron chi connectivity index (χ3n) is 2.93. The van der Waals surface area contributed by atoms with Gasteiger partial charge in [0.05, 0.1) is 0 Å². The summed E-state index contributed by atoms with van der Waals surface area (Å²) in [5.41, 5.74) is 2.14. The molecule has 18 heavy (non-hydrogen) atoms. The van der Waals surface area contributed by atoms with Gasteiger partial charge in [0.1, 0.15) is 0 Å². The van der Waals surface area contributed by atoms with Crippen LogP contribution in [0.5, 0.6) is 5.88 Å². The van der Waals surface area contributed by atoms with Crippen LogP contribution >= 0.6 is 0 Å². The SMILES string of the molecule is CC(C)Cc1c(C(C)(C)C)c(O)nn1CC(C)C. The minimum Gasteiger partial charge on any atom is -0.492 e. The number of nitrogens with zero attached hydrogens (tertiary/aromatic N) is 2. The maximum absolute atomic E-state index is 10.1. The number of hydrogen-bond donors (Lipinski definition) is 1. The molecule has 1 rings (SSSR count). The molecule has 0 fully saturated rings.